The van der Waals surface area contributed by atoms with E-state index in [1.165, 1.54) is 35.9 Å². The summed E-state index contributed by atoms with van der Waals surface area (Å²) < 4.78 is 14.8. The molecule has 4 aliphatic rings. The van der Waals surface area contributed by atoms with E-state index in [2.05, 4.69) is 18.0 Å². The van der Waals surface area contributed by atoms with Crippen LogP contribution < -0.4 is 5.73 Å². The van der Waals surface area contributed by atoms with Gasteiger partial charge in [0.15, 0.2) is 5.17 Å². The van der Waals surface area contributed by atoms with Gasteiger partial charge in [-0.05, 0) is 60.7 Å². The van der Waals surface area contributed by atoms with E-state index < -0.39 is 5.83 Å². The number of rotatable bonds is 3. The lowest BCUT2D eigenvalue weighted by atomic mass is 9.67. The zero-order valence-electron chi connectivity index (χ0n) is 18.3. The maximum atomic E-state index is 14.6. The van der Waals surface area contributed by atoms with Crippen LogP contribution in [0.5, 0.6) is 0 Å². The van der Waals surface area contributed by atoms with Crippen LogP contribution in [0.25, 0.3) is 11.9 Å². The Morgan fingerprint density at radius 1 is 1.36 bits per heavy atom. The first kappa shape index (κ1) is 21.7. The number of amidine groups is 1. The molecule has 6 rings (SSSR count). The highest BCUT2D eigenvalue weighted by atomic mass is 32.2. The minimum Gasteiger partial charge on any atom is -0.378 e. The van der Waals surface area contributed by atoms with Crippen LogP contribution >= 0.6 is 11.8 Å². The van der Waals surface area contributed by atoms with Gasteiger partial charge in [-0.3, -0.25) is 14.8 Å². The molecular formula is C25H24FN5OS. The van der Waals surface area contributed by atoms with Crippen molar-refractivity contribution >= 4 is 35.2 Å². The van der Waals surface area contributed by atoms with Crippen molar-refractivity contribution in [1.82, 2.24) is 9.88 Å². The Morgan fingerprint density at radius 3 is 2.79 bits per heavy atom. The van der Waals surface area contributed by atoms with E-state index in [0.717, 1.165) is 37.9 Å². The van der Waals surface area contributed by atoms with E-state index in [1.54, 1.807) is 22.7 Å². The number of nitriles is 1. The molecule has 0 unspecified atom stereocenters. The van der Waals surface area contributed by atoms with Crippen LogP contribution in [0.1, 0.15) is 47.7 Å². The highest BCUT2D eigenvalue weighted by molar-refractivity contribution is 8.15. The fourth-order valence-electron chi connectivity index (χ4n) is 4.87. The lowest BCUT2D eigenvalue weighted by Crippen LogP contribution is -2.45. The van der Waals surface area contributed by atoms with Gasteiger partial charge in [0.2, 0.25) is 6.41 Å². The number of hydrogen-bond acceptors (Lipinski definition) is 6. The van der Waals surface area contributed by atoms with Crippen molar-refractivity contribution in [3.63, 3.8) is 0 Å². The molecule has 2 aliphatic carbocycles. The van der Waals surface area contributed by atoms with Crippen LogP contribution in [0, 0.1) is 17.2 Å². The highest BCUT2D eigenvalue weighted by Crippen LogP contribution is 2.69. The Hall–Kier alpha value is -3.18. The summed E-state index contributed by atoms with van der Waals surface area (Å²) in [5, 5.41) is 9.49. The molecule has 1 aromatic carbocycles. The van der Waals surface area contributed by atoms with Gasteiger partial charge in [0.1, 0.15) is 11.9 Å². The largest absolute Gasteiger partial charge is 0.378 e. The molecule has 6 nitrogen and oxygen atoms in total. The summed E-state index contributed by atoms with van der Waals surface area (Å²) in [4.78, 5) is 20.3. The molecule has 2 fully saturated rings. The van der Waals surface area contributed by atoms with Gasteiger partial charge < -0.3 is 10.6 Å². The second kappa shape index (κ2) is 7.99. The van der Waals surface area contributed by atoms with Crippen LogP contribution in [0.15, 0.2) is 41.5 Å². The molecule has 1 aromatic heterocycles. The number of nitrogens with two attached hydrogens (primary N) is 1. The number of aromatic nitrogens is 1. The third kappa shape index (κ3) is 3.80. The number of hydrogen-bond donors (Lipinski definition) is 1. The molecule has 1 saturated carbocycles. The molecule has 168 valence electrons. The predicted molar refractivity (Wildman–Crippen MR) is 128 cm³/mol. The Kier molecular flexibility index (Phi) is 5.25. The van der Waals surface area contributed by atoms with Gasteiger partial charge >= 0.3 is 0 Å². The second-order valence-electron chi connectivity index (χ2n) is 9.17. The minimum atomic E-state index is -0.425. The molecule has 3 heterocycles. The number of fused-ring (bicyclic) bond motifs is 4. The molecule has 1 amide bonds. The first-order chi connectivity index (χ1) is 15.9. The van der Waals surface area contributed by atoms with Gasteiger partial charge in [-0.1, -0.05) is 23.9 Å². The van der Waals surface area contributed by atoms with Crippen molar-refractivity contribution in [1.29, 1.82) is 5.26 Å². The number of benzene rings is 1. The molecule has 1 saturated heterocycles. The molecule has 0 radical (unpaired) electrons. The van der Waals surface area contributed by atoms with Crippen molar-refractivity contribution in [2.45, 2.75) is 36.5 Å². The number of amides is 1. The maximum Gasteiger partial charge on any atom is 0.209 e. The quantitative estimate of drug-likeness (QED) is 0.701. The smallest absolute Gasteiger partial charge is 0.209 e. The molecule has 8 heteroatoms. The Bertz CT molecular complexity index is 1220. The van der Waals surface area contributed by atoms with Crippen LogP contribution in [-0.2, 0) is 16.8 Å². The maximum absolute atomic E-state index is 14.6. The van der Waals surface area contributed by atoms with E-state index in [9.17, 15) is 9.18 Å². The summed E-state index contributed by atoms with van der Waals surface area (Å²) in [6.07, 6.45) is 6.97. The number of pyridine rings is 1. The third-order valence-corrected chi connectivity index (χ3v) is 8.16. The summed E-state index contributed by atoms with van der Waals surface area (Å²) in [7, 11) is 0. The third-order valence-electron chi connectivity index (χ3n) is 6.94. The molecular weight excluding hydrogens is 437 g/mol. The van der Waals surface area contributed by atoms with Crippen molar-refractivity contribution in [3.8, 4) is 6.07 Å². The lowest BCUT2D eigenvalue weighted by Gasteiger charge is -2.45. The fourth-order valence-corrected chi connectivity index (χ4v) is 6.14. The van der Waals surface area contributed by atoms with Crippen molar-refractivity contribution in [2.24, 2.45) is 16.6 Å². The van der Waals surface area contributed by atoms with E-state index in [4.69, 9.17) is 16.0 Å². The second-order valence-corrected chi connectivity index (χ2v) is 10.7. The average molecular weight is 462 g/mol. The number of halogens is 1. The van der Waals surface area contributed by atoms with Crippen LogP contribution in [0.2, 0.25) is 0 Å². The highest BCUT2D eigenvalue weighted by Gasteiger charge is 2.67. The molecule has 1 spiro atoms. The molecule has 0 bridgehead atoms. The van der Waals surface area contributed by atoms with Crippen LogP contribution in [0.3, 0.4) is 0 Å². The average Bonchev–Trinajstić information content (AvgIpc) is 3.45. The van der Waals surface area contributed by atoms with E-state index in [0.29, 0.717) is 16.6 Å². The molecule has 3 atom stereocenters. The fraction of sp³-hybridized carbons (Fsp3) is 0.360. The van der Waals surface area contributed by atoms with Crippen molar-refractivity contribution in [3.05, 3.63) is 64.5 Å². The van der Waals surface area contributed by atoms with E-state index >= 15 is 0 Å². The minimum absolute atomic E-state index is 0.188. The zero-order valence-corrected chi connectivity index (χ0v) is 19.1. The number of thioether (sulfide) groups is 1. The van der Waals surface area contributed by atoms with Crippen LogP contribution in [-0.4, -0.2) is 39.3 Å². The SMILES string of the molecule is C[C@]12C[C@H]1[C@]1(Cc3ccc(/C=C(\F)c4ccc(C#N)cn4)cc31)N=C(N)S2.O=CN1CCC1. The zero-order chi connectivity index (χ0) is 23.2. The Morgan fingerprint density at radius 2 is 2.18 bits per heavy atom. The summed E-state index contributed by atoms with van der Waals surface area (Å²) in [6, 6.07) is 11.1. The Labute approximate surface area is 196 Å². The van der Waals surface area contributed by atoms with Gasteiger partial charge in [0, 0.05) is 36.4 Å². The van der Waals surface area contributed by atoms with Gasteiger partial charge in [-0.15, -0.1) is 0 Å². The normalized spacial score (nSPS) is 28.6. The standard InChI is InChI=1S/C21H17FN4S.C4H7NO/c1-20-9-18(20)21(26-19(24)27-20)8-14-4-2-12(6-15(14)21)7-16(22)17-5-3-13(10-23)11-25-17;6-4-5-2-1-3-5/h2-7,11,18H,8-9H2,1H3,(H2,24,26);4H,1-3H2/b16-7-;/t18-,20+,21-;/m1./s1. The molecule has 2 aromatic rings. The first-order valence-electron chi connectivity index (χ1n) is 11.0. The van der Waals surface area contributed by atoms with Crippen molar-refractivity contribution in [2.75, 3.05) is 13.1 Å². The number of carbonyl (C=O) groups is 1. The van der Waals surface area contributed by atoms with Gasteiger partial charge in [-0.25, -0.2) is 4.39 Å². The predicted octanol–water partition coefficient (Wildman–Crippen LogP) is 3.86. The summed E-state index contributed by atoms with van der Waals surface area (Å²) in [5.41, 5.74) is 9.73. The monoisotopic (exact) mass is 461 g/mol. The van der Waals surface area contributed by atoms with Crippen LogP contribution in [0.4, 0.5) is 4.39 Å². The van der Waals surface area contributed by atoms with E-state index in [1.807, 2.05) is 18.2 Å². The topological polar surface area (TPSA) is 95.4 Å². The van der Waals surface area contributed by atoms with Gasteiger partial charge in [-0.2, -0.15) is 5.26 Å². The number of nitrogens with zero attached hydrogens (tertiary/aromatic N) is 4. The Balaban J connectivity index is 0.000000332. The summed E-state index contributed by atoms with van der Waals surface area (Å²) in [5.74, 6) is 0.0744. The molecule has 2 aliphatic heterocycles. The lowest BCUT2D eigenvalue weighted by molar-refractivity contribution is -0.121. The number of aliphatic imine (C=N–C) groups is 1. The van der Waals surface area contributed by atoms with Gasteiger partial charge in [0.25, 0.3) is 0 Å². The van der Waals surface area contributed by atoms with Crippen molar-refractivity contribution < 1.29 is 9.18 Å². The first-order valence-corrected chi connectivity index (χ1v) is 11.8. The molecule has 2 N–H and O–H groups in total. The summed E-state index contributed by atoms with van der Waals surface area (Å²) in [6.45, 7) is 4.20. The van der Waals surface area contributed by atoms with E-state index in [-0.39, 0.29) is 16.0 Å². The number of carbonyl (C=O) groups excluding carboxylic acids is 1. The summed E-state index contributed by atoms with van der Waals surface area (Å²) >= 11 is 1.68. The molecule has 33 heavy (non-hydrogen) atoms. The van der Waals surface area contributed by atoms with Gasteiger partial charge in [0.05, 0.1) is 16.8 Å². The number of likely N-dealkylation sites (tertiary alicyclic amines) is 1.